The number of rotatable bonds is 2. The van der Waals surface area contributed by atoms with Crippen molar-refractivity contribution in [1.29, 1.82) is 0 Å². The van der Waals surface area contributed by atoms with Gasteiger partial charge in [0.1, 0.15) is 0 Å². The van der Waals surface area contributed by atoms with E-state index in [1.165, 1.54) is 44.9 Å². The van der Waals surface area contributed by atoms with Gasteiger partial charge in [-0.2, -0.15) is 0 Å². The average Bonchev–Trinajstić information content (AvgIpc) is 2.68. The Kier molecular flexibility index (Phi) is 3.21. The van der Waals surface area contributed by atoms with E-state index in [4.69, 9.17) is 4.74 Å². The van der Waals surface area contributed by atoms with E-state index in [2.05, 4.69) is 12.2 Å². The van der Waals surface area contributed by atoms with Gasteiger partial charge >= 0.3 is 0 Å². The number of hydrogen-bond acceptors (Lipinski definition) is 2. The van der Waals surface area contributed by atoms with E-state index >= 15 is 0 Å². The van der Waals surface area contributed by atoms with Crippen LogP contribution in [0.3, 0.4) is 0 Å². The van der Waals surface area contributed by atoms with E-state index in [1.807, 2.05) is 0 Å². The van der Waals surface area contributed by atoms with Crippen LogP contribution in [0.2, 0.25) is 0 Å². The van der Waals surface area contributed by atoms with E-state index in [0.717, 1.165) is 30.5 Å². The third-order valence-corrected chi connectivity index (χ3v) is 5.05. The van der Waals surface area contributed by atoms with Crippen LogP contribution in [0.15, 0.2) is 0 Å². The van der Waals surface area contributed by atoms with Crippen molar-refractivity contribution in [2.24, 2.45) is 11.8 Å². The standard InChI is InChI=1S/C14H25NO/c1-2-16-10-7-8-14-12(9-10)11-5-3-4-6-13(11)15-14/h10-15H,2-9H2,1H3. The third kappa shape index (κ3) is 1.91. The Balaban J connectivity index is 1.66. The van der Waals surface area contributed by atoms with Gasteiger partial charge < -0.3 is 10.1 Å². The highest BCUT2D eigenvalue weighted by atomic mass is 16.5. The summed E-state index contributed by atoms with van der Waals surface area (Å²) in [5, 5.41) is 3.90. The second kappa shape index (κ2) is 4.66. The molecule has 3 fully saturated rings. The van der Waals surface area contributed by atoms with Crippen LogP contribution in [-0.4, -0.2) is 24.8 Å². The summed E-state index contributed by atoms with van der Waals surface area (Å²) >= 11 is 0. The molecule has 1 saturated heterocycles. The molecule has 5 unspecified atom stereocenters. The normalized spacial score (nSPS) is 47.4. The fourth-order valence-electron chi connectivity index (χ4n) is 4.39. The quantitative estimate of drug-likeness (QED) is 0.777. The fourth-order valence-corrected chi connectivity index (χ4v) is 4.39. The molecule has 92 valence electrons. The lowest BCUT2D eigenvalue weighted by atomic mass is 9.73. The molecule has 1 N–H and O–H groups in total. The van der Waals surface area contributed by atoms with Crippen LogP contribution in [0.5, 0.6) is 0 Å². The van der Waals surface area contributed by atoms with Crippen molar-refractivity contribution in [3.05, 3.63) is 0 Å². The SMILES string of the molecule is CCOC1CCC2NC3CCCCC3C2C1. The summed E-state index contributed by atoms with van der Waals surface area (Å²) in [4.78, 5) is 0. The molecule has 2 heteroatoms. The first-order valence-electron chi connectivity index (χ1n) is 7.26. The molecular formula is C14H25NO. The molecule has 0 aromatic carbocycles. The molecule has 2 saturated carbocycles. The molecule has 0 bridgehead atoms. The first-order chi connectivity index (χ1) is 7.88. The van der Waals surface area contributed by atoms with Gasteiger partial charge in [0.15, 0.2) is 0 Å². The van der Waals surface area contributed by atoms with Gasteiger partial charge in [0.2, 0.25) is 0 Å². The molecule has 0 amide bonds. The smallest absolute Gasteiger partial charge is 0.0578 e. The predicted octanol–water partition coefficient (Wildman–Crippen LogP) is 2.72. The molecule has 1 aliphatic heterocycles. The summed E-state index contributed by atoms with van der Waals surface area (Å²) in [7, 11) is 0. The van der Waals surface area contributed by atoms with E-state index in [9.17, 15) is 0 Å². The lowest BCUT2D eigenvalue weighted by Gasteiger charge is -2.35. The molecule has 0 radical (unpaired) electrons. The maximum absolute atomic E-state index is 5.84. The van der Waals surface area contributed by atoms with Crippen molar-refractivity contribution in [2.45, 2.75) is 70.1 Å². The zero-order chi connectivity index (χ0) is 11.0. The Labute approximate surface area is 99.1 Å². The summed E-state index contributed by atoms with van der Waals surface area (Å²) in [6.07, 6.45) is 10.3. The number of fused-ring (bicyclic) bond motifs is 3. The highest BCUT2D eigenvalue weighted by Gasteiger charge is 2.46. The van der Waals surface area contributed by atoms with Crippen LogP contribution in [0, 0.1) is 11.8 Å². The zero-order valence-electron chi connectivity index (χ0n) is 10.5. The van der Waals surface area contributed by atoms with Gasteiger partial charge in [-0.3, -0.25) is 0 Å². The van der Waals surface area contributed by atoms with Crippen LogP contribution in [0.1, 0.15) is 51.9 Å². The summed E-state index contributed by atoms with van der Waals surface area (Å²) in [6, 6.07) is 1.67. The van der Waals surface area contributed by atoms with Crippen molar-refractivity contribution in [1.82, 2.24) is 5.32 Å². The first-order valence-corrected chi connectivity index (χ1v) is 7.26. The molecule has 1 heterocycles. The second-order valence-electron chi connectivity index (χ2n) is 5.88. The van der Waals surface area contributed by atoms with Gasteiger partial charge in [-0.15, -0.1) is 0 Å². The van der Waals surface area contributed by atoms with Crippen molar-refractivity contribution in [3.63, 3.8) is 0 Å². The van der Waals surface area contributed by atoms with Gasteiger partial charge in [-0.05, 0) is 50.9 Å². The Morgan fingerprint density at radius 2 is 1.81 bits per heavy atom. The van der Waals surface area contributed by atoms with Crippen molar-refractivity contribution in [3.8, 4) is 0 Å². The van der Waals surface area contributed by atoms with Crippen LogP contribution < -0.4 is 5.32 Å². The van der Waals surface area contributed by atoms with E-state index in [-0.39, 0.29) is 0 Å². The molecule has 3 aliphatic rings. The minimum absolute atomic E-state index is 0.564. The van der Waals surface area contributed by atoms with Crippen LogP contribution in [-0.2, 0) is 4.74 Å². The lowest BCUT2D eigenvalue weighted by molar-refractivity contribution is 0.00947. The van der Waals surface area contributed by atoms with Crippen molar-refractivity contribution < 1.29 is 4.74 Å². The van der Waals surface area contributed by atoms with Gasteiger partial charge in [-0.25, -0.2) is 0 Å². The van der Waals surface area contributed by atoms with Gasteiger partial charge in [0.25, 0.3) is 0 Å². The molecule has 2 nitrogen and oxygen atoms in total. The Morgan fingerprint density at radius 3 is 2.69 bits per heavy atom. The molecule has 3 rings (SSSR count). The van der Waals surface area contributed by atoms with Crippen LogP contribution in [0.25, 0.3) is 0 Å². The molecule has 0 spiro atoms. The number of hydrogen-bond donors (Lipinski definition) is 1. The van der Waals surface area contributed by atoms with Crippen LogP contribution >= 0.6 is 0 Å². The summed E-state index contributed by atoms with van der Waals surface area (Å²) < 4.78 is 5.84. The molecule has 0 aromatic heterocycles. The minimum Gasteiger partial charge on any atom is -0.378 e. The largest absolute Gasteiger partial charge is 0.378 e. The molecule has 5 atom stereocenters. The van der Waals surface area contributed by atoms with Gasteiger partial charge in [-0.1, -0.05) is 12.8 Å². The first kappa shape index (κ1) is 11.0. The van der Waals surface area contributed by atoms with Crippen molar-refractivity contribution in [2.75, 3.05) is 6.61 Å². The lowest BCUT2D eigenvalue weighted by Crippen LogP contribution is -2.37. The molecule has 0 aromatic rings. The van der Waals surface area contributed by atoms with Gasteiger partial charge in [0, 0.05) is 18.7 Å². The molecule has 16 heavy (non-hydrogen) atoms. The highest BCUT2D eigenvalue weighted by Crippen LogP contribution is 2.44. The van der Waals surface area contributed by atoms with E-state index in [0.29, 0.717) is 6.10 Å². The molecule has 2 aliphatic carbocycles. The van der Waals surface area contributed by atoms with E-state index < -0.39 is 0 Å². The molecular weight excluding hydrogens is 198 g/mol. The van der Waals surface area contributed by atoms with E-state index in [1.54, 1.807) is 0 Å². The maximum atomic E-state index is 5.84. The van der Waals surface area contributed by atoms with Gasteiger partial charge in [0.05, 0.1) is 6.10 Å². The monoisotopic (exact) mass is 223 g/mol. The highest BCUT2D eigenvalue weighted by molar-refractivity contribution is 5.01. The Morgan fingerprint density at radius 1 is 1.00 bits per heavy atom. The van der Waals surface area contributed by atoms with Crippen LogP contribution in [0.4, 0.5) is 0 Å². The zero-order valence-corrected chi connectivity index (χ0v) is 10.5. The summed E-state index contributed by atoms with van der Waals surface area (Å²) in [5.41, 5.74) is 0. The summed E-state index contributed by atoms with van der Waals surface area (Å²) in [6.45, 7) is 3.02. The Hall–Kier alpha value is -0.0800. The topological polar surface area (TPSA) is 21.3 Å². The second-order valence-corrected chi connectivity index (χ2v) is 5.88. The number of ether oxygens (including phenoxy) is 1. The minimum atomic E-state index is 0.564. The van der Waals surface area contributed by atoms with Crippen molar-refractivity contribution >= 4 is 0 Å². The fraction of sp³-hybridized carbons (Fsp3) is 1.00. The third-order valence-electron chi connectivity index (χ3n) is 5.05. The Bertz CT molecular complexity index is 243. The average molecular weight is 223 g/mol. The summed E-state index contributed by atoms with van der Waals surface area (Å²) in [5.74, 6) is 1.90. The number of nitrogens with one attached hydrogen (secondary N) is 1. The predicted molar refractivity (Wildman–Crippen MR) is 65.4 cm³/mol. The maximum Gasteiger partial charge on any atom is 0.0578 e.